The van der Waals surface area contributed by atoms with Gasteiger partial charge in [0, 0.05) is 18.2 Å². The largest absolute Gasteiger partial charge is 0.438 e. The quantitative estimate of drug-likeness (QED) is 0.676. The van der Waals surface area contributed by atoms with Crippen molar-refractivity contribution >= 4 is 0 Å². The lowest BCUT2D eigenvalue weighted by Gasteiger charge is -2.21. The minimum Gasteiger partial charge on any atom is -0.438 e. The van der Waals surface area contributed by atoms with Crippen LogP contribution in [0.15, 0.2) is 36.5 Å². The maximum Gasteiger partial charge on any atom is 0.222 e. The van der Waals surface area contributed by atoms with Gasteiger partial charge in [-0.15, -0.1) is 0 Å². The summed E-state index contributed by atoms with van der Waals surface area (Å²) < 4.78 is 5.86. The molecule has 0 spiro atoms. The van der Waals surface area contributed by atoms with Crippen LogP contribution in [0.1, 0.15) is 49.3 Å². The number of rotatable bonds is 3. The van der Waals surface area contributed by atoms with Crippen LogP contribution in [0.5, 0.6) is 11.6 Å². The van der Waals surface area contributed by atoms with Crippen molar-refractivity contribution < 1.29 is 4.74 Å². The number of benzene rings is 1. The van der Waals surface area contributed by atoms with Crippen LogP contribution >= 0.6 is 0 Å². The summed E-state index contributed by atoms with van der Waals surface area (Å²) in [6.45, 7) is 4.53. The third-order valence-electron chi connectivity index (χ3n) is 3.81. The van der Waals surface area contributed by atoms with E-state index < -0.39 is 0 Å². The smallest absolute Gasteiger partial charge is 0.222 e. The Balaban J connectivity index is 1.92. The van der Waals surface area contributed by atoms with Crippen LogP contribution in [0.25, 0.3) is 0 Å². The Hall–Kier alpha value is -1.83. The van der Waals surface area contributed by atoms with Gasteiger partial charge in [-0.25, -0.2) is 4.98 Å². The van der Waals surface area contributed by atoms with Gasteiger partial charge < -0.3 is 4.74 Å². The van der Waals surface area contributed by atoms with E-state index in [1.807, 2.05) is 6.07 Å². The second-order valence-electron chi connectivity index (χ2n) is 5.30. The number of fused-ring (bicyclic) bond motifs is 2. The summed E-state index contributed by atoms with van der Waals surface area (Å²) in [6, 6.07) is 10.6. The minimum atomic E-state index is 0.616. The molecule has 0 saturated carbocycles. The van der Waals surface area contributed by atoms with Gasteiger partial charge in [0.1, 0.15) is 5.75 Å². The van der Waals surface area contributed by atoms with Gasteiger partial charge >= 0.3 is 0 Å². The fraction of sp³-hybridized carbons (Fsp3) is 0.353. The van der Waals surface area contributed by atoms with E-state index in [1.165, 1.54) is 29.5 Å². The van der Waals surface area contributed by atoms with Gasteiger partial charge in [0.2, 0.25) is 5.88 Å². The standard InChI is InChI=1S/C17H19NO/c1-3-5-12(2)13-7-8-16-15(10-13)11-14-6-4-9-18-17(14)19-16/h4,6-10,12H,3,5,11H2,1-2H3. The van der Waals surface area contributed by atoms with E-state index in [2.05, 4.69) is 43.1 Å². The number of hydrogen-bond acceptors (Lipinski definition) is 2. The molecule has 2 aromatic rings. The molecule has 1 aromatic carbocycles. The number of hydrogen-bond donors (Lipinski definition) is 0. The molecule has 2 heteroatoms. The Morgan fingerprint density at radius 2 is 2.16 bits per heavy atom. The highest BCUT2D eigenvalue weighted by molar-refractivity contribution is 5.48. The average Bonchev–Trinajstić information content (AvgIpc) is 2.44. The second-order valence-corrected chi connectivity index (χ2v) is 5.30. The van der Waals surface area contributed by atoms with Crippen molar-refractivity contribution in [2.24, 2.45) is 0 Å². The molecule has 0 fully saturated rings. The van der Waals surface area contributed by atoms with Gasteiger partial charge in [-0.2, -0.15) is 0 Å². The zero-order chi connectivity index (χ0) is 13.2. The summed E-state index contributed by atoms with van der Waals surface area (Å²) in [5.74, 6) is 2.33. The summed E-state index contributed by atoms with van der Waals surface area (Å²) in [6.07, 6.45) is 5.16. The van der Waals surface area contributed by atoms with Crippen LogP contribution in [0.2, 0.25) is 0 Å². The van der Waals surface area contributed by atoms with Crippen LogP contribution < -0.4 is 4.74 Å². The Morgan fingerprint density at radius 3 is 3.00 bits per heavy atom. The highest BCUT2D eigenvalue weighted by Gasteiger charge is 2.18. The van der Waals surface area contributed by atoms with Gasteiger partial charge in [0.05, 0.1) is 0 Å². The maximum atomic E-state index is 5.86. The Morgan fingerprint density at radius 1 is 1.26 bits per heavy atom. The van der Waals surface area contributed by atoms with E-state index in [1.54, 1.807) is 6.20 Å². The highest BCUT2D eigenvalue weighted by Crippen LogP contribution is 2.36. The third-order valence-corrected chi connectivity index (χ3v) is 3.81. The normalized spacial score (nSPS) is 14.2. The molecule has 98 valence electrons. The van der Waals surface area contributed by atoms with Gasteiger partial charge in [-0.05, 0) is 35.6 Å². The Kier molecular flexibility index (Phi) is 3.24. The van der Waals surface area contributed by atoms with E-state index in [-0.39, 0.29) is 0 Å². The van der Waals surface area contributed by atoms with Crippen LogP contribution in [0.4, 0.5) is 0 Å². The van der Waals surface area contributed by atoms with Crippen LogP contribution in [-0.4, -0.2) is 4.98 Å². The van der Waals surface area contributed by atoms with Crippen LogP contribution in [-0.2, 0) is 6.42 Å². The first-order chi connectivity index (χ1) is 9.28. The fourth-order valence-corrected chi connectivity index (χ4v) is 2.70. The van der Waals surface area contributed by atoms with E-state index in [0.717, 1.165) is 18.1 Å². The third kappa shape index (κ3) is 2.35. The zero-order valence-electron chi connectivity index (χ0n) is 11.5. The van der Waals surface area contributed by atoms with Crippen molar-refractivity contribution in [3.05, 3.63) is 53.2 Å². The SMILES string of the molecule is CCCC(C)c1ccc2c(c1)Cc1cccnc1O2. The molecule has 1 unspecified atom stereocenters. The lowest BCUT2D eigenvalue weighted by Crippen LogP contribution is -2.05. The van der Waals surface area contributed by atoms with Crippen LogP contribution in [0.3, 0.4) is 0 Å². The molecule has 2 nitrogen and oxygen atoms in total. The lowest BCUT2D eigenvalue weighted by molar-refractivity contribution is 0.440. The molecule has 2 heterocycles. The summed E-state index contributed by atoms with van der Waals surface area (Å²) >= 11 is 0. The lowest BCUT2D eigenvalue weighted by atomic mass is 9.92. The van der Waals surface area contributed by atoms with Gasteiger partial charge in [-0.3, -0.25) is 0 Å². The van der Waals surface area contributed by atoms with Crippen molar-refractivity contribution in [1.29, 1.82) is 0 Å². The Bertz CT molecular complexity index is 592. The number of pyridine rings is 1. The Labute approximate surface area is 114 Å². The summed E-state index contributed by atoms with van der Waals surface area (Å²) in [5.41, 5.74) is 3.87. The molecule has 0 radical (unpaired) electrons. The average molecular weight is 253 g/mol. The predicted octanol–water partition coefficient (Wildman–Crippen LogP) is 4.68. The number of aromatic nitrogens is 1. The monoisotopic (exact) mass is 253 g/mol. The first kappa shape index (κ1) is 12.2. The molecule has 0 N–H and O–H groups in total. The molecule has 3 rings (SSSR count). The number of nitrogens with zero attached hydrogens (tertiary/aromatic N) is 1. The predicted molar refractivity (Wildman–Crippen MR) is 76.9 cm³/mol. The van der Waals surface area contributed by atoms with Crippen molar-refractivity contribution in [2.45, 2.75) is 39.0 Å². The highest BCUT2D eigenvalue weighted by atomic mass is 16.5. The van der Waals surface area contributed by atoms with Gasteiger partial charge in [0.15, 0.2) is 0 Å². The second kappa shape index (κ2) is 5.04. The molecule has 0 saturated heterocycles. The first-order valence-electron chi connectivity index (χ1n) is 7.02. The van der Waals surface area contributed by atoms with Crippen molar-refractivity contribution in [1.82, 2.24) is 4.98 Å². The van der Waals surface area contributed by atoms with Crippen molar-refractivity contribution in [2.75, 3.05) is 0 Å². The molecule has 19 heavy (non-hydrogen) atoms. The minimum absolute atomic E-state index is 0.616. The fourth-order valence-electron chi connectivity index (χ4n) is 2.70. The molecule has 0 aliphatic carbocycles. The topological polar surface area (TPSA) is 22.1 Å². The molecule has 1 aliphatic rings. The van der Waals surface area contributed by atoms with E-state index in [4.69, 9.17) is 4.74 Å². The molecule has 0 bridgehead atoms. The van der Waals surface area contributed by atoms with Gasteiger partial charge in [-0.1, -0.05) is 38.5 Å². The zero-order valence-corrected chi connectivity index (χ0v) is 11.5. The van der Waals surface area contributed by atoms with Gasteiger partial charge in [0.25, 0.3) is 0 Å². The van der Waals surface area contributed by atoms with Crippen LogP contribution in [0, 0.1) is 0 Å². The van der Waals surface area contributed by atoms with E-state index >= 15 is 0 Å². The summed E-state index contributed by atoms with van der Waals surface area (Å²) in [7, 11) is 0. The summed E-state index contributed by atoms with van der Waals surface area (Å²) in [4.78, 5) is 4.28. The molecule has 0 amide bonds. The van der Waals surface area contributed by atoms with Crippen molar-refractivity contribution in [3.8, 4) is 11.6 Å². The first-order valence-corrected chi connectivity index (χ1v) is 7.02. The van der Waals surface area contributed by atoms with E-state index in [0.29, 0.717) is 5.92 Å². The number of ether oxygens (including phenoxy) is 1. The van der Waals surface area contributed by atoms with Crippen molar-refractivity contribution in [3.63, 3.8) is 0 Å². The molecule has 1 aromatic heterocycles. The van der Waals surface area contributed by atoms with E-state index in [9.17, 15) is 0 Å². The molecule has 1 aliphatic heterocycles. The summed E-state index contributed by atoms with van der Waals surface area (Å²) in [5, 5.41) is 0. The molecular weight excluding hydrogens is 234 g/mol. The maximum absolute atomic E-state index is 5.86. The molecule has 1 atom stereocenters. The molecular formula is C17H19NO.